The van der Waals surface area contributed by atoms with E-state index in [1.807, 2.05) is 45.0 Å². The monoisotopic (exact) mass is 315 g/mol. The maximum Gasteiger partial charge on any atom is 0.347 e. The average Bonchev–Trinajstić information content (AvgIpc) is 2.98. The topological polar surface area (TPSA) is 58.4 Å². The lowest BCUT2D eigenvalue weighted by Crippen LogP contribution is -2.45. The number of rotatable bonds is 7. The first-order chi connectivity index (χ1) is 11.2. The van der Waals surface area contributed by atoms with Crippen LogP contribution < -0.4 is 4.84 Å². The largest absolute Gasteiger partial charge is 0.349 e. The van der Waals surface area contributed by atoms with Gasteiger partial charge in [0.25, 0.3) is 0 Å². The van der Waals surface area contributed by atoms with Gasteiger partial charge >= 0.3 is 5.97 Å². The fraction of sp³-hybridized carbons (Fsp3) is 0.412. The zero-order chi connectivity index (χ0) is 16.3. The minimum Gasteiger partial charge on any atom is -0.349 e. The number of fused-ring (bicyclic) bond motifs is 3. The quantitative estimate of drug-likeness (QED) is 0.627. The van der Waals surface area contributed by atoms with Crippen LogP contribution in [0.15, 0.2) is 36.8 Å². The van der Waals surface area contributed by atoms with Crippen molar-refractivity contribution >= 4 is 21.9 Å². The molecule has 3 rings (SSSR count). The van der Waals surface area contributed by atoms with Gasteiger partial charge in [-0.15, -0.1) is 0 Å². The molecule has 6 nitrogen and oxygen atoms in total. The van der Waals surface area contributed by atoms with Gasteiger partial charge in [-0.3, -0.25) is 4.98 Å². The highest BCUT2D eigenvalue weighted by Crippen LogP contribution is 2.24. The molecule has 0 aliphatic carbocycles. The summed E-state index contributed by atoms with van der Waals surface area (Å²) in [6, 6.07) is 7.89. The Bertz CT molecular complexity index is 794. The molecule has 0 unspecified atom stereocenters. The van der Waals surface area contributed by atoms with Crippen LogP contribution in [0.3, 0.4) is 0 Å². The molecular formula is C17H21N3O3. The molecule has 0 aliphatic heterocycles. The number of ether oxygens (including phenoxy) is 2. The molecule has 23 heavy (non-hydrogen) atoms. The third-order valence-corrected chi connectivity index (χ3v) is 3.65. The van der Waals surface area contributed by atoms with E-state index in [-0.39, 0.29) is 0 Å². The van der Waals surface area contributed by atoms with Crippen molar-refractivity contribution in [2.45, 2.75) is 33.2 Å². The molecule has 3 aromatic rings. The molecule has 2 heterocycles. The van der Waals surface area contributed by atoms with Crippen LogP contribution in [0.25, 0.3) is 21.9 Å². The first kappa shape index (κ1) is 15.7. The Morgan fingerprint density at radius 3 is 2.43 bits per heavy atom. The Hall–Kier alpha value is -2.18. The van der Waals surface area contributed by atoms with Crippen molar-refractivity contribution < 1.29 is 14.3 Å². The van der Waals surface area contributed by atoms with E-state index in [9.17, 15) is 0 Å². The molecule has 0 N–H and O–H groups in total. The van der Waals surface area contributed by atoms with Crippen molar-refractivity contribution in [2.24, 2.45) is 0 Å². The van der Waals surface area contributed by atoms with Gasteiger partial charge in [0.15, 0.2) is 0 Å². The van der Waals surface area contributed by atoms with Crippen LogP contribution in [0, 0.1) is 0 Å². The van der Waals surface area contributed by atoms with Crippen LogP contribution in [-0.4, -0.2) is 33.9 Å². The minimum absolute atomic E-state index is 0.489. The van der Waals surface area contributed by atoms with Crippen LogP contribution in [0.2, 0.25) is 0 Å². The van der Waals surface area contributed by atoms with Crippen LogP contribution in [-0.2, 0) is 9.47 Å². The highest BCUT2D eigenvalue weighted by Gasteiger charge is 2.33. The van der Waals surface area contributed by atoms with Gasteiger partial charge in [-0.1, -0.05) is 25.1 Å². The molecule has 0 saturated carbocycles. The van der Waals surface area contributed by atoms with Crippen molar-refractivity contribution in [3.05, 3.63) is 36.8 Å². The van der Waals surface area contributed by atoms with E-state index in [4.69, 9.17) is 14.3 Å². The van der Waals surface area contributed by atoms with Gasteiger partial charge in [-0.05, 0) is 19.9 Å². The number of aromatic nitrogens is 3. The molecule has 2 aromatic heterocycles. The number of benzene rings is 1. The van der Waals surface area contributed by atoms with E-state index in [0.717, 1.165) is 21.9 Å². The molecule has 0 spiro atoms. The summed E-state index contributed by atoms with van der Waals surface area (Å²) < 4.78 is 13.1. The van der Waals surface area contributed by atoms with E-state index in [1.165, 1.54) is 0 Å². The molecule has 0 radical (unpaired) electrons. The third-order valence-electron chi connectivity index (χ3n) is 3.65. The molecule has 0 fully saturated rings. The smallest absolute Gasteiger partial charge is 0.347 e. The second-order valence-electron chi connectivity index (χ2n) is 5.07. The number of hydrogen-bond donors (Lipinski definition) is 0. The maximum atomic E-state index is 6.08. The lowest BCUT2D eigenvalue weighted by molar-refractivity contribution is -0.375. The second-order valence-corrected chi connectivity index (χ2v) is 5.07. The number of pyridine rings is 1. The van der Waals surface area contributed by atoms with E-state index in [2.05, 4.69) is 9.97 Å². The van der Waals surface area contributed by atoms with Gasteiger partial charge in [0, 0.05) is 11.8 Å². The van der Waals surface area contributed by atoms with Crippen molar-refractivity contribution in [1.29, 1.82) is 0 Å². The maximum absolute atomic E-state index is 6.08. The molecule has 122 valence electrons. The molecule has 0 saturated heterocycles. The van der Waals surface area contributed by atoms with Crippen molar-refractivity contribution in [2.75, 3.05) is 13.2 Å². The summed E-state index contributed by atoms with van der Waals surface area (Å²) in [5.41, 5.74) is 2.51. The lowest BCUT2D eigenvalue weighted by Gasteiger charge is -2.31. The molecule has 0 bridgehead atoms. The normalized spacial score (nSPS) is 12.1. The van der Waals surface area contributed by atoms with Crippen LogP contribution in [0.5, 0.6) is 0 Å². The summed E-state index contributed by atoms with van der Waals surface area (Å²) >= 11 is 0. The summed E-state index contributed by atoms with van der Waals surface area (Å²) in [5.74, 6) is -1.12. The fourth-order valence-electron chi connectivity index (χ4n) is 2.64. The van der Waals surface area contributed by atoms with Gasteiger partial charge < -0.3 is 14.3 Å². The molecule has 0 amide bonds. The number of imidazole rings is 1. The van der Waals surface area contributed by atoms with Gasteiger partial charge in [0.1, 0.15) is 17.4 Å². The highest BCUT2D eigenvalue weighted by atomic mass is 16.9. The van der Waals surface area contributed by atoms with Gasteiger partial charge in [0.2, 0.25) is 0 Å². The van der Waals surface area contributed by atoms with Crippen LogP contribution in [0.1, 0.15) is 27.2 Å². The summed E-state index contributed by atoms with van der Waals surface area (Å²) in [4.78, 5) is 14.9. The van der Waals surface area contributed by atoms with E-state index in [1.54, 1.807) is 17.3 Å². The predicted octanol–water partition coefficient (Wildman–Crippen LogP) is 3.15. The number of hydrogen-bond acceptors (Lipinski definition) is 5. The Morgan fingerprint density at radius 1 is 1.00 bits per heavy atom. The second kappa shape index (κ2) is 6.52. The molecule has 0 atom stereocenters. The molecule has 0 aliphatic rings. The summed E-state index contributed by atoms with van der Waals surface area (Å²) in [6.07, 6.45) is 3.92. The zero-order valence-electron chi connectivity index (χ0n) is 13.7. The van der Waals surface area contributed by atoms with E-state index >= 15 is 0 Å². The lowest BCUT2D eigenvalue weighted by atomic mass is 10.2. The Labute approximate surface area is 135 Å². The Kier molecular flexibility index (Phi) is 4.45. The first-order valence-corrected chi connectivity index (χ1v) is 7.91. The van der Waals surface area contributed by atoms with Crippen LogP contribution in [0.4, 0.5) is 0 Å². The molecular weight excluding hydrogens is 294 g/mol. The van der Waals surface area contributed by atoms with Crippen molar-refractivity contribution in [3.8, 4) is 0 Å². The van der Waals surface area contributed by atoms with Gasteiger partial charge in [0.05, 0.1) is 24.9 Å². The highest BCUT2D eigenvalue weighted by molar-refractivity contribution is 6.01. The summed E-state index contributed by atoms with van der Waals surface area (Å²) in [5, 5.41) is 0.973. The fourth-order valence-corrected chi connectivity index (χ4v) is 2.64. The number of para-hydroxylation sites is 1. The Morgan fingerprint density at radius 2 is 1.74 bits per heavy atom. The summed E-state index contributed by atoms with van der Waals surface area (Å²) in [6.45, 7) is 6.77. The van der Waals surface area contributed by atoms with Crippen molar-refractivity contribution in [3.63, 3.8) is 0 Å². The third kappa shape index (κ3) is 2.87. The number of nitrogens with zero attached hydrogens (tertiary/aromatic N) is 3. The minimum atomic E-state index is -1.12. The zero-order valence-corrected chi connectivity index (χ0v) is 13.7. The Balaban J connectivity index is 2.10. The predicted molar refractivity (Wildman–Crippen MR) is 87.9 cm³/mol. The molecule has 6 heteroatoms. The van der Waals surface area contributed by atoms with Gasteiger partial charge in [-0.25, -0.2) is 4.98 Å². The standard InChI is InChI=1S/C17H21N3O3/c1-4-17(21-5-2,22-6-3)23-20-12-19-15-11-18-14-10-8-7-9-13(14)16(15)20/h7-12H,4-6H2,1-3H3. The van der Waals surface area contributed by atoms with Gasteiger partial charge in [-0.2, -0.15) is 4.73 Å². The summed E-state index contributed by atoms with van der Waals surface area (Å²) in [7, 11) is 0. The van der Waals surface area contributed by atoms with E-state index in [0.29, 0.717) is 19.6 Å². The van der Waals surface area contributed by atoms with E-state index < -0.39 is 5.97 Å². The average molecular weight is 315 g/mol. The van der Waals surface area contributed by atoms with Crippen LogP contribution >= 0.6 is 0 Å². The SMILES string of the molecule is CCOC(CC)(OCC)On1cnc2cnc3ccccc3c21. The van der Waals surface area contributed by atoms with Crippen molar-refractivity contribution in [1.82, 2.24) is 14.7 Å². The molecule has 1 aromatic carbocycles. The first-order valence-electron chi connectivity index (χ1n) is 7.91.